The first-order valence-corrected chi connectivity index (χ1v) is 7.90. The van der Waals surface area contributed by atoms with Crippen LogP contribution in [0.5, 0.6) is 0 Å². The summed E-state index contributed by atoms with van der Waals surface area (Å²) in [5.74, 6) is -0.116. The number of nitrogens with one attached hydrogen (secondary N) is 2. The van der Waals surface area contributed by atoms with E-state index in [1.807, 2.05) is 44.3 Å². The molecule has 23 heavy (non-hydrogen) atoms. The largest absolute Gasteiger partial charge is 0.331 e. The van der Waals surface area contributed by atoms with Gasteiger partial charge in [-0.25, -0.2) is 0 Å². The average molecular weight is 342 g/mol. The normalized spacial score (nSPS) is 11.3. The van der Waals surface area contributed by atoms with E-state index >= 15 is 0 Å². The predicted octanol–water partition coefficient (Wildman–Crippen LogP) is 2.67. The molecule has 0 aliphatic carbocycles. The number of halogens is 1. The molecule has 2 amide bonds. The van der Waals surface area contributed by atoms with Crippen molar-refractivity contribution in [1.82, 2.24) is 10.2 Å². The van der Waals surface area contributed by atoms with E-state index in [4.69, 9.17) is 0 Å². The SMILES string of the molecule is CCCN(C(=O)CCCNC)C(C)C(=O)Nc1ccccc1.Cl. The summed E-state index contributed by atoms with van der Waals surface area (Å²) in [5.41, 5.74) is 0.749. The summed E-state index contributed by atoms with van der Waals surface area (Å²) < 4.78 is 0. The van der Waals surface area contributed by atoms with Crippen molar-refractivity contribution in [1.29, 1.82) is 0 Å². The van der Waals surface area contributed by atoms with Crippen LogP contribution in [0.1, 0.15) is 33.1 Å². The number of benzene rings is 1. The second-order valence-electron chi connectivity index (χ2n) is 5.33. The Kier molecular flexibility index (Phi) is 11.1. The quantitative estimate of drug-likeness (QED) is 0.679. The lowest BCUT2D eigenvalue weighted by atomic mass is 10.2. The molecule has 130 valence electrons. The van der Waals surface area contributed by atoms with Crippen LogP contribution in [0.25, 0.3) is 0 Å². The highest BCUT2D eigenvalue weighted by molar-refractivity contribution is 5.96. The van der Waals surface area contributed by atoms with E-state index in [0.717, 1.165) is 25.1 Å². The summed E-state index contributed by atoms with van der Waals surface area (Å²) in [7, 11) is 1.87. The molecule has 0 heterocycles. The van der Waals surface area contributed by atoms with Crippen molar-refractivity contribution in [2.45, 2.75) is 39.2 Å². The topological polar surface area (TPSA) is 61.4 Å². The van der Waals surface area contributed by atoms with E-state index in [1.54, 1.807) is 11.8 Å². The fourth-order valence-electron chi connectivity index (χ4n) is 2.24. The Morgan fingerprint density at radius 3 is 2.43 bits per heavy atom. The van der Waals surface area contributed by atoms with Crippen LogP contribution in [-0.2, 0) is 9.59 Å². The van der Waals surface area contributed by atoms with Crippen molar-refractivity contribution in [3.8, 4) is 0 Å². The van der Waals surface area contributed by atoms with Gasteiger partial charge >= 0.3 is 0 Å². The highest BCUT2D eigenvalue weighted by Gasteiger charge is 2.24. The van der Waals surface area contributed by atoms with Crippen LogP contribution in [0.3, 0.4) is 0 Å². The number of amides is 2. The maximum Gasteiger partial charge on any atom is 0.246 e. The minimum atomic E-state index is -0.470. The molecule has 0 aromatic heterocycles. The third kappa shape index (κ3) is 7.48. The van der Waals surface area contributed by atoms with Crippen LogP contribution in [0, 0.1) is 0 Å². The Balaban J connectivity index is 0.00000484. The summed E-state index contributed by atoms with van der Waals surface area (Å²) in [6, 6.07) is 8.84. The van der Waals surface area contributed by atoms with Gasteiger partial charge < -0.3 is 15.5 Å². The van der Waals surface area contributed by atoms with Crippen LogP contribution in [0.4, 0.5) is 5.69 Å². The van der Waals surface area contributed by atoms with Gasteiger partial charge in [0.25, 0.3) is 0 Å². The van der Waals surface area contributed by atoms with Gasteiger partial charge in [-0.2, -0.15) is 0 Å². The molecule has 5 nitrogen and oxygen atoms in total. The van der Waals surface area contributed by atoms with Crippen LogP contribution >= 0.6 is 12.4 Å². The molecular formula is C17H28ClN3O2. The second kappa shape index (κ2) is 11.9. The average Bonchev–Trinajstić information content (AvgIpc) is 2.53. The van der Waals surface area contributed by atoms with Crippen molar-refractivity contribution in [3.63, 3.8) is 0 Å². The van der Waals surface area contributed by atoms with Gasteiger partial charge in [-0.05, 0) is 45.5 Å². The first kappa shape index (κ1) is 21.4. The Bertz CT molecular complexity index is 468. The summed E-state index contributed by atoms with van der Waals surface area (Å²) in [6.07, 6.45) is 2.08. The van der Waals surface area contributed by atoms with Crippen LogP contribution < -0.4 is 10.6 Å². The molecule has 1 aromatic rings. The molecule has 0 bridgehead atoms. The Morgan fingerprint density at radius 2 is 1.87 bits per heavy atom. The summed E-state index contributed by atoms with van der Waals surface area (Å²) in [6.45, 7) is 5.19. The number of hydrogen-bond acceptors (Lipinski definition) is 3. The minimum absolute atomic E-state index is 0. The van der Waals surface area contributed by atoms with Crippen molar-refractivity contribution < 1.29 is 9.59 Å². The third-order valence-electron chi connectivity index (χ3n) is 3.49. The first-order valence-electron chi connectivity index (χ1n) is 7.90. The monoisotopic (exact) mass is 341 g/mol. The standard InChI is InChI=1S/C17H27N3O2.ClH/c1-4-13-20(16(21)11-8-12-18-3)14(2)17(22)19-15-9-6-5-7-10-15;/h5-7,9-10,14,18H,4,8,11-13H2,1-3H3,(H,19,22);1H. The molecular weight excluding hydrogens is 314 g/mol. The number of carbonyl (C=O) groups is 2. The molecule has 0 spiro atoms. The first-order chi connectivity index (χ1) is 10.6. The maximum atomic E-state index is 12.3. The van der Waals surface area contributed by atoms with Crippen molar-refractivity contribution in [2.24, 2.45) is 0 Å². The van der Waals surface area contributed by atoms with Gasteiger partial charge in [0, 0.05) is 18.7 Å². The van der Waals surface area contributed by atoms with Gasteiger partial charge in [0.15, 0.2) is 0 Å². The van der Waals surface area contributed by atoms with Crippen LogP contribution in [0.2, 0.25) is 0 Å². The number of anilines is 1. The fraction of sp³-hybridized carbons (Fsp3) is 0.529. The molecule has 1 rings (SSSR count). The van der Waals surface area contributed by atoms with Crippen LogP contribution in [-0.4, -0.2) is 42.9 Å². The van der Waals surface area contributed by atoms with Crippen molar-refractivity contribution in [3.05, 3.63) is 30.3 Å². The molecule has 0 aliphatic heterocycles. The van der Waals surface area contributed by atoms with Gasteiger partial charge in [0.2, 0.25) is 11.8 Å². The Hall–Kier alpha value is -1.59. The second-order valence-corrected chi connectivity index (χ2v) is 5.33. The number of nitrogens with zero attached hydrogens (tertiary/aromatic N) is 1. The molecule has 0 fully saturated rings. The molecule has 6 heteroatoms. The van der Waals surface area contributed by atoms with Gasteiger partial charge in [0.1, 0.15) is 6.04 Å². The van der Waals surface area contributed by atoms with Crippen LogP contribution in [0.15, 0.2) is 30.3 Å². The van der Waals surface area contributed by atoms with Gasteiger partial charge in [0.05, 0.1) is 0 Å². The van der Waals surface area contributed by atoms with Gasteiger partial charge in [-0.15, -0.1) is 12.4 Å². The molecule has 0 radical (unpaired) electrons. The minimum Gasteiger partial charge on any atom is -0.331 e. The lowest BCUT2D eigenvalue weighted by Gasteiger charge is -2.28. The van der Waals surface area contributed by atoms with Gasteiger partial charge in [-0.1, -0.05) is 25.1 Å². The van der Waals surface area contributed by atoms with E-state index in [-0.39, 0.29) is 24.2 Å². The number of para-hydroxylation sites is 1. The van der Waals surface area contributed by atoms with E-state index in [1.165, 1.54) is 0 Å². The predicted molar refractivity (Wildman–Crippen MR) is 96.9 cm³/mol. The lowest BCUT2D eigenvalue weighted by Crippen LogP contribution is -2.46. The van der Waals surface area contributed by atoms with E-state index < -0.39 is 6.04 Å². The molecule has 2 N–H and O–H groups in total. The number of rotatable bonds is 9. The zero-order chi connectivity index (χ0) is 16.4. The molecule has 1 unspecified atom stereocenters. The van der Waals surface area contributed by atoms with E-state index in [9.17, 15) is 9.59 Å². The highest BCUT2D eigenvalue weighted by Crippen LogP contribution is 2.10. The smallest absolute Gasteiger partial charge is 0.246 e. The highest BCUT2D eigenvalue weighted by atomic mass is 35.5. The maximum absolute atomic E-state index is 12.3. The summed E-state index contributed by atoms with van der Waals surface area (Å²) in [5, 5.41) is 5.89. The molecule has 1 atom stereocenters. The fourth-order valence-corrected chi connectivity index (χ4v) is 2.24. The van der Waals surface area contributed by atoms with Crippen molar-refractivity contribution in [2.75, 3.05) is 25.5 Å². The molecule has 0 saturated heterocycles. The van der Waals surface area contributed by atoms with E-state index in [2.05, 4.69) is 10.6 Å². The molecule has 0 aliphatic rings. The van der Waals surface area contributed by atoms with E-state index in [0.29, 0.717) is 13.0 Å². The Morgan fingerprint density at radius 1 is 1.22 bits per heavy atom. The third-order valence-corrected chi connectivity index (χ3v) is 3.49. The number of carbonyl (C=O) groups excluding carboxylic acids is 2. The Labute approximate surface area is 145 Å². The lowest BCUT2D eigenvalue weighted by molar-refractivity contribution is -0.138. The summed E-state index contributed by atoms with van der Waals surface area (Å²) >= 11 is 0. The summed E-state index contributed by atoms with van der Waals surface area (Å²) in [4.78, 5) is 26.3. The van der Waals surface area contributed by atoms with Gasteiger partial charge in [-0.3, -0.25) is 9.59 Å². The zero-order valence-corrected chi connectivity index (χ0v) is 15.0. The number of hydrogen-bond donors (Lipinski definition) is 2. The zero-order valence-electron chi connectivity index (χ0n) is 14.2. The van der Waals surface area contributed by atoms with Crippen molar-refractivity contribution >= 4 is 29.9 Å². The molecule has 0 saturated carbocycles. The molecule has 1 aromatic carbocycles.